The SMILES string of the molecule is Cc1ccc(C)c(-n2c(NN)nc3ccccc3c2=O)c1. The Morgan fingerprint density at radius 2 is 1.90 bits per heavy atom. The van der Waals surface area contributed by atoms with E-state index in [9.17, 15) is 4.79 Å². The molecule has 5 heteroatoms. The molecule has 0 aliphatic rings. The number of hydrogen-bond donors (Lipinski definition) is 2. The second-order valence-corrected chi connectivity index (χ2v) is 5.03. The molecule has 0 atom stereocenters. The van der Waals surface area contributed by atoms with Crippen molar-refractivity contribution in [3.8, 4) is 5.69 Å². The number of fused-ring (bicyclic) bond motifs is 1. The van der Waals surface area contributed by atoms with Crippen molar-refractivity contribution in [1.82, 2.24) is 9.55 Å². The molecule has 0 aliphatic heterocycles. The highest BCUT2D eigenvalue weighted by Gasteiger charge is 2.13. The normalized spacial score (nSPS) is 10.8. The van der Waals surface area contributed by atoms with E-state index in [-0.39, 0.29) is 5.56 Å². The van der Waals surface area contributed by atoms with Gasteiger partial charge >= 0.3 is 0 Å². The topological polar surface area (TPSA) is 72.9 Å². The van der Waals surface area contributed by atoms with Crippen molar-refractivity contribution < 1.29 is 0 Å². The van der Waals surface area contributed by atoms with Crippen LogP contribution in [-0.2, 0) is 0 Å². The molecule has 0 unspecified atom stereocenters. The molecule has 0 radical (unpaired) electrons. The van der Waals surface area contributed by atoms with Gasteiger partial charge in [0.1, 0.15) is 0 Å². The fourth-order valence-corrected chi connectivity index (χ4v) is 2.41. The van der Waals surface area contributed by atoms with Crippen LogP contribution in [0, 0.1) is 13.8 Å². The van der Waals surface area contributed by atoms with Gasteiger partial charge in [-0.15, -0.1) is 0 Å². The molecule has 3 N–H and O–H groups in total. The Morgan fingerprint density at radius 3 is 2.67 bits per heavy atom. The van der Waals surface area contributed by atoms with Crippen molar-refractivity contribution in [2.45, 2.75) is 13.8 Å². The van der Waals surface area contributed by atoms with E-state index in [1.165, 1.54) is 4.57 Å². The van der Waals surface area contributed by atoms with Gasteiger partial charge in [-0.2, -0.15) is 0 Å². The molecule has 0 saturated carbocycles. The van der Waals surface area contributed by atoms with E-state index in [0.717, 1.165) is 16.8 Å². The number of nitrogens with two attached hydrogens (primary N) is 1. The van der Waals surface area contributed by atoms with Crippen molar-refractivity contribution >= 4 is 16.9 Å². The Labute approximate surface area is 122 Å². The van der Waals surface area contributed by atoms with E-state index >= 15 is 0 Å². The predicted octanol–water partition coefficient (Wildman–Crippen LogP) is 2.29. The minimum absolute atomic E-state index is 0.137. The molecule has 0 aliphatic carbocycles. The van der Waals surface area contributed by atoms with Crippen LogP contribution < -0.4 is 16.8 Å². The van der Waals surface area contributed by atoms with Crippen molar-refractivity contribution in [1.29, 1.82) is 0 Å². The van der Waals surface area contributed by atoms with Crippen molar-refractivity contribution in [2.24, 2.45) is 5.84 Å². The fourth-order valence-electron chi connectivity index (χ4n) is 2.41. The molecule has 0 bridgehead atoms. The highest BCUT2D eigenvalue weighted by atomic mass is 16.1. The van der Waals surface area contributed by atoms with Crippen LogP contribution >= 0.6 is 0 Å². The maximum atomic E-state index is 12.8. The zero-order valence-corrected chi connectivity index (χ0v) is 11.9. The molecule has 3 aromatic rings. The molecule has 0 spiro atoms. The Bertz CT molecular complexity index is 883. The summed E-state index contributed by atoms with van der Waals surface area (Å²) in [5.74, 6) is 5.89. The average molecular weight is 280 g/mol. The van der Waals surface area contributed by atoms with Gasteiger partial charge < -0.3 is 0 Å². The van der Waals surface area contributed by atoms with Crippen LogP contribution in [0.1, 0.15) is 11.1 Å². The van der Waals surface area contributed by atoms with Crippen LogP contribution in [0.25, 0.3) is 16.6 Å². The van der Waals surface area contributed by atoms with Gasteiger partial charge in [0.15, 0.2) is 0 Å². The number of hydrogen-bond acceptors (Lipinski definition) is 4. The van der Waals surface area contributed by atoms with E-state index in [1.54, 1.807) is 12.1 Å². The lowest BCUT2D eigenvalue weighted by atomic mass is 10.1. The second kappa shape index (κ2) is 5.03. The van der Waals surface area contributed by atoms with Gasteiger partial charge in [0.25, 0.3) is 5.56 Å². The van der Waals surface area contributed by atoms with E-state index in [4.69, 9.17) is 5.84 Å². The van der Waals surface area contributed by atoms with Gasteiger partial charge in [-0.05, 0) is 43.2 Å². The number of hydrazine groups is 1. The zero-order chi connectivity index (χ0) is 15.0. The summed E-state index contributed by atoms with van der Waals surface area (Å²) in [6, 6.07) is 13.2. The molecular formula is C16H16N4O. The summed E-state index contributed by atoms with van der Waals surface area (Å²) >= 11 is 0. The first kappa shape index (κ1) is 13.3. The second-order valence-electron chi connectivity index (χ2n) is 5.03. The zero-order valence-electron chi connectivity index (χ0n) is 11.9. The number of rotatable bonds is 2. The molecule has 1 aromatic heterocycles. The van der Waals surface area contributed by atoms with Gasteiger partial charge in [0.05, 0.1) is 16.6 Å². The fraction of sp³-hybridized carbons (Fsp3) is 0.125. The Balaban J connectivity index is 2.44. The minimum atomic E-state index is -0.137. The largest absolute Gasteiger partial charge is 0.293 e. The standard InChI is InChI=1S/C16H16N4O/c1-10-7-8-11(2)14(9-10)20-15(21)12-5-3-4-6-13(12)18-16(20)19-17/h3-9H,17H2,1-2H3,(H,18,19). The molecule has 21 heavy (non-hydrogen) atoms. The van der Waals surface area contributed by atoms with Crippen LogP contribution in [-0.4, -0.2) is 9.55 Å². The quantitative estimate of drug-likeness (QED) is 0.558. The smallest absolute Gasteiger partial charge is 0.267 e. The molecule has 2 aromatic carbocycles. The Kier molecular flexibility index (Phi) is 3.19. The first-order chi connectivity index (χ1) is 10.1. The van der Waals surface area contributed by atoms with Crippen molar-refractivity contribution in [3.05, 3.63) is 63.9 Å². The number of aromatic nitrogens is 2. The number of nitrogens with one attached hydrogen (secondary N) is 1. The molecule has 106 valence electrons. The molecule has 0 fully saturated rings. The Morgan fingerprint density at radius 1 is 1.14 bits per heavy atom. The van der Waals surface area contributed by atoms with Crippen LogP contribution in [0.4, 0.5) is 5.95 Å². The van der Waals surface area contributed by atoms with Crippen LogP contribution in [0.5, 0.6) is 0 Å². The van der Waals surface area contributed by atoms with Crippen LogP contribution in [0.3, 0.4) is 0 Å². The summed E-state index contributed by atoms with van der Waals surface area (Å²) in [7, 11) is 0. The third kappa shape index (κ3) is 2.17. The number of anilines is 1. The minimum Gasteiger partial charge on any atom is -0.293 e. The molecule has 0 amide bonds. The predicted molar refractivity (Wildman–Crippen MR) is 84.6 cm³/mol. The summed E-state index contributed by atoms with van der Waals surface area (Å²) < 4.78 is 1.52. The first-order valence-electron chi connectivity index (χ1n) is 6.68. The monoisotopic (exact) mass is 280 g/mol. The van der Waals surface area contributed by atoms with Gasteiger partial charge in [0, 0.05) is 0 Å². The third-order valence-electron chi connectivity index (χ3n) is 3.51. The van der Waals surface area contributed by atoms with Gasteiger partial charge in [-0.25, -0.2) is 15.4 Å². The first-order valence-corrected chi connectivity index (χ1v) is 6.68. The molecule has 1 heterocycles. The van der Waals surface area contributed by atoms with Crippen molar-refractivity contribution in [2.75, 3.05) is 5.43 Å². The van der Waals surface area contributed by atoms with E-state index in [2.05, 4.69) is 10.4 Å². The molecule has 3 rings (SSSR count). The van der Waals surface area contributed by atoms with E-state index < -0.39 is 0 Å². The molecule has 5 nitrogen and oxygen atoms in total. The van der Waals surface area contributed by atoms with Crippen LogP contribution in [0.2, 0.25) is 0 Å². The highest BCUT2D eigenvalue weighted by Crippen LogP contribution is 2.19. The van der Waals surface area contributed by atoms with Gasteiger partial charge in [0.2, 0.25) is 5.95 Å². The Hall–Kier alpha value is -2.66. The average Bonchev–Trinajstić information content (AvgIpc) is 2.50. The van der Waals surface area contributed by atoms with E-state index in [1.807, 2.05) is 44.2 Å². The summed E-state index contributed by atoms with van der Waals surface area (Å²) in [5.41, 5.74) is 5.85. The highest BCUT2D eigenvalue weighted by molar-refractivity contribution is 5.79. The van der Waals surface area contributed by atoms with Gasteiger partial charge in [-0.1, -0.05) is 24.3 Å². The lowest BCUT2D eigenvalue weighted by molar-refractivity contribution is 0.944. The summed E-state index contributed by atoms with van der Waals surface area (Å²) in [5, 5.41) is 0.567. The molecule has 0 saturated heterocycles. The third-order valence-corrected chi connectivity index (χ3v) is 3.51. The number of aryl methyl sites for hydroxylation is 2. The summed E-state index contributed by atoms with van der Waals surface area (Å²) in [4.78, 5) is 17.2. The maximum absolute atomic E-state index is 12.8. The number of nitrogen functional groups attached to an aromatic ring is 1. The number of nitrogens with zero attached hydrogens (tertiary/aromatic N) is 2. The summed E-state index contributed by atoms with van der Waals surface area (Å²) in [6.45, 7) is 3.94. The number of benzene rings is 2. The van der Waals surface area contributed by atoms with E-state index in [0.29, 0.717) is 16.9 Å². The van der Waals surface area contributed by atoms with Crippen LogP contribution in [0.15, 0.2) is 47.3 Å². The lowest BCUT2D eigenvalue weighted by Crippen LogP contribution is -2.26. The summed E-state index contributed by atoms with van der Waals surface area (Å²) in [6.07, 6.45) is 0. The number of para-hydroxylation sites is 1. The molecular weight excluding hydrogens is 264 g/mol. The van der Waals surface area contributed by atoms with Crippen molar-refractivity contribution in [3.63, 3.8) is 0 Å². The maximum Gasteiger partial charge on any atom is 0.267 e. The van der Waals surface area contributed by atoms with Gasteiger partial charge in [-0.3, -0.25) is 10.2 Å². The lowest BCUT2D eigenvalue weighted by Gasteiger charge is -2.15.